The summed E-state index contributed by atoms with van der Waals surface area (Å²) in [6.07, 6.45) is 2.84. The first kappa shape index (κ1) is 13.4. The number of nitrogens with two attached hydrogens (primary N) is 1. The second kappa shape index (κ2) is 5.75. The van der Waals surface area contributed by atoms with Gasteiger partial charge in [-0.15, -0.1) is 0 Å². The number of hydrazine groups is 1. The van der Waals surface area contributed by atoms with Crippen LogP contribution >= 0.6 is 0 Å². The van der Waals surface area contributed by atoms with Gasteiger partial charge in [-0.2, -0.15) is 0 Å². The Balaban J connectivity index is 2.40. The number of benzene rings is 1. The van der Waals surface area contributed by atoms with Gasteiger partial charge in [-0.25, -0.2) is 5.84 Å². The number of nitrogens with zero attached hydrogens (tertiary/aromatic N) is 1. The maximum Gasteiger partial charge on any atom is 0.256 e. The molecule has 1 aromatic heterocycles. The maximum absolute atomic E-state index is 11.6. The number of nitrogens with one attached hydrogen (secondary N) is 1. The summed E-state index contributed by atoms with van der Waals surface area (Å²) in [5.41, 5.74) is 3.14. The van der Waals surface area contributed by atoms with Gasteiger partial charge in [-0.1, -0.05) is 13.0 Å². The average Bonchev–Trinajstić information content (AvgIpc) is 2.87. The highest BCUT2D eigenvalue weighted by Gasteiger charge is 2.16. The Kier molecular flexibility index (Phi) is 4.06. The van der Waals surface area contributed by atoms with Crippen molar-refractivity contribution in [2.24, 2.45) is 5.84 Å². The Bertz CT molecular complexity index is 577. The molecule has 0 aliphatic carbocycles. The maximum atomic E-state index is 11.6. The summed E-state index contributed by atoms with van der Waals surface area (Å²) >= 11 is 0. The first-order chi connectivity index (χ1) is 9.19. The largest absolute Gasteiger partial charge is 0.493 e. The summed E-state index contributed by atoms with van der Waals surface area (Å²) in [6, 6.07) is 7.44. The minimum atomic E-state index is -0.357. The van der Waals surface area contributed by atoms with Gasteiger partial charge in [-0.3, -0.25) is 10.2 Å². The second-order valence-electron chi connectivity index (χ2n) is 4.44. The molecule has 1 atom stereocenters. The molecule has 102 valence electrons. The van der Waals surface area contributed by atoms with Crippen LogP contribution in [0.4, 0.5) is 0 Å². The van der Waals surface area contributed by atoms with Gasteiger partial charge in [0, 0.05) is 11.6 Å². The molecule has 0 radical (unpaired) electrons. The molecule has 2 aromatic rings. The third-order valence-corrected chi connectivity index (χ3v) is 3.12. The Hall–Kier alpha value is -2.01. The van der Waals surface area contributed by atoms with Crippen LogP contribution in [0, 0.1) is 0 Å². The number of rotatable bonds is 5. The fourth-order valence-corrected chi connectivity index (χ4v) is 2.08. The average molecular weight is 261 g/mol. The third-order valence-electron chi connectivity index (χ3n) is 3.12. The predicted molar refractivity (Wildman–Crippen MR) is 74.8 cm³/mol. The first-order valence-corrected chi connectivity index (χ1v) is 6.41. The second-order valence-corrected chi connectivity index (χ2v) is 4.44. The van der Waals surface area contributed by atoms with Crippen molar-refractivity contribution in [1.82, 2.24) is 9.99 Å². The fraction of sp³-hybridized carbons (Fsp3) is 0.357. The number of amides is 1. The molecule has 1 aromatic carbocycles. The molecule has 0 aliphatic rings. The van der Waals surface area contributed by atoms with E-state index in [-0.39, 0.29) is 11.9 Å². The molecule has 1 amide bonds. The van der Waals surface area contributed by atoms with Gasteiger partial charge in [0.1, 0.15) is 11.8 Å². The van der Waals surface area contributed by atoms with E-state index in [2.05, 4.69) is 12.3 Å². The van der Waals surface area contributed by atoms with E-state index in [9.17, 15) is 4.79 Å². The van der Waals surface area contributed by atoms with Crippen LogP contribution < -0.4 is 16.0 Å². The minimum absolute atomic E-state index is 0.225. The van der Waals surface area contributed by atoms with E-state index in [1.807, 2.05) is 35.0 Å². The van der Waals surface area contributed by atoms with Crippen molar-refractivity contribution in [2.45, 2.75) is 26.3 Å². The molecule has 0 saturated heterocycles. The number of hydrogen-bond acceptors (Lipinski definition) is 3. The molecular weight excluding hydrogens is 242 g/mol. The van der Waals surface area contributed by atoms with Crippen molar-refractivity contribution < 1.29 is 9.53 Å². The van der Waals surface area contributed by atoms with E-state index in [1.54, 1.807) is 6.92 Å². The normalized spacial score (nSPS) is 12.4. The predicted octanol–water partition coefficient (Wildman–Crippen LogP) is 1.98. The van der Waals surface area contributed by atoms with Crippen molar-refractivity contribution in [3.05, 3.63) is 30.5 Å². The minimum Gasteiger partial charge on any atom is -0.493 e. The van der Waals surface area contributed by atoms with Gasteiger partial charge >= 0.3 is 0 Å². The van der Waals surface area contributed by atoms with E-state index in [4.69, 9.17) is 10.6 Å². The number of aromatic nitrogens is 1. The van der Waals surface area contributed by atoms with Crippen LogP contribution in [0.2, 0.25) is 0 Å². The van der Waals surface area contributed by atoms with Crippen LogP contribution in [0.25, 0.3) is 10.9 Å². The van der Waals surface area contributed by atoms with Crippen LogP contribution in [0.3, 0.4) is 0 Å². The van der Waals surface area contributed by atoms with Gasteiger partial charge in [0.25, 0.3) is 5.91 Å². The smallest absolute Gasteiger partial charge is 0.256 e. The van der Waals surface area contributed by atoms with Gasteiger partial charge in [0.05, 0.1) is 12.1 Å². The molecular formula is C14H19N3O2. The molecule has 5 heteroatoms. The molecule has 19 heavy (non-hydrogen) atoms. The van der Waals surface area contributed by atoms with E-state index in [0.717, 1.165) is 23.1 Å². The number of hydrogen-bond donors (Lipinski definition) is 2. The highest BCUT2D eigenvalue weighted by Crippen LogP contribution is 2.28. The monoisotopic (exact) mass is 261 g/mol. The van der Waals surface area contributed by atoms with Gasteiger partial charge in [0.15, 0.2) is 0 Å². The lowest BCUT2D eigenvalue weighted by molar-refractivity contribution is -0.123. The van der Waals surface area contributed by atoms with E-state index < -0.39 is 0 Å². The Morgan fingerprint density at radius 3 is 2.95 bits per heavy atom. The van der Waals surface area contributed by atoms with Gasteiger partial charge < -0.3 is 9.30 Å². The highest BCUT2D eigenvalue weighted by atomic mass is 16.5. The van der Waals surface area contributed by atoms with Crippen LogP contribution in [0.1, 0.15) is 26.3 Å². The van der Waals surface area contributed by atoms with Crippen molar-refractivity contribution in [3.63, 3.8) is 0 Å². The molecule has 3 N–H and O–H groups in total. The van der Waals surface area contributed by atoms with Crippen LogP contribution in [0.5, 0.6) is 5.75 Å². The van der Waals surface area contributed by atoms with Crippen molar-refractivity contribution >= 4 is 16.8 Å². The molecule has 0 bridgehead atoms. The Labute approximate surface area is 112 Å². The Morgan fingerprint density at radius 1 is 1.47 bits per heavy atom. The lowest BCUT2D eigenvalue weighted by atomic mass is 10.2. The SMILES string of the molecule is CCCOc1cccc2c1ccn2C(C)C(=O)NN. The molecule has 1 heterocycles. The summed E-state index contributed by atoms with van der Waals surface area (Å²) in [7, 11) is 0. The zero-order valence-corrected chi connectivity index (χ0v) is 11.2. The molecule has 0 saturated carbocycles. The summed E-state index contributed by atoms with van der Waals surface area (Å²) in [4.78, 5) is 11.6. The van der Waals surface area contributed by atoms with Crippen molar-refractivity contribution in [2.75, 3.05) is 6.61 Å². The molecule has 0 aliphatic heterocycles. The fourth-order valence-electron chi connectivity index (χ4n) is 2.08. The highest BCUT2D eigenvalue weighted by molar-refractivity contribution is 5.89. The van der Waals surface area contributed by atoms with E-state index >= 15 is 0 Å². The van der Waals surface area contributed by atoms with E-state index in [1.165, 1.54) is 0 Å². The summed E-state index contributed by atoms with van der Waals surface area (Å²) in [5.74, 6) is 5.80. The summed E-state index contributed by atoms with van der Waals surface area (Å²) < 4.78 is 7.59. The molecule has 5 nitrogen and oxygen atoms in total. The number of carbonyl (C=O) groups excluding carboxylic acids is 1. The standard InChI is InChI=1S/C14H19N3O2/c1-3-9-19-13-6-4-5-12-11(13)7-8-17(12)10(2)14(18)16-15/h4-8,10H,3,9,15H2,1-2H3,(H,16,18). The number of ether oxygens (including phenoxy) is 1. The zero-order chi connectivity index (χ0) is 13.8. The number of fused-ring (bicyclic) bond motifs is 1. The van der Waals surface area contributed by atoms with Gasteiger partial charge in [-0.05, 0) is 31.5 Å². The molecule has 0 spiro atoms. The lowest BCUT2D eigenvalue weighted by Gasteiger charge is -2.14. The van der Waals surface area contributed by atoms with E-state index in [0.29, 0.717) is 6.61 Å². The van der Waals surface area contributed by atoms with Crippen LogP contribution in [-0.2, 0) is 4.79 Å². The molecule has 2 rings (SSSR count). The third kappa shape index (κ3) is 2.56. The topological polar surface area (TPSA) is 69.3 Å². The number of carbonyl (C=O) groups is 1. The van der Waals surface area contributed by atoms with Gasteiger partial charge in [0.2, 0.25) is 0 Å². The summed E-state index contributed by atoms with van der Waals surface area (Å²) in [5, 5.41) is 1.01. The van der Waals surface area contributed by atoms with Crippen LogP contribution in [-0.4, -0.2) is 17.1 Å². The first-order valence-electron chi connectivity index (χ1n) is 6.41. The van der Waals surface area contributed by atoms with Crippen molar-refractivity contribution in [1.29, 1.82) is 0 Å². The lowest BCUT2D eigenvalue weighted by Crippen LogP contribution is -2.35. The Morgan fingerprint density at radius 2 is 2.26 bits per heavy atom. The quantitative estimate of drug-likeness (QED) is 0.491. The molecule has 1 unspecified atom stereocenters. The van der Waals surface area contributed by atoms with Crippen molar-refractivity contribution in [3.8, 4) is 5.75 Å². The van der Waals surface area contributed by atoms with Crippen LogP contribution in [0.15, 0.2) is 30.5 Å². The zero-order valence-electron chi connectivity index (χ0n) is 11.2. The summed E-state index contributed by atoms with van der Waals surface area (Å²) in [6.45, 7) is 4.56. The molecule has 0 fully saturated rings.